The van der Waals surface area contributed by atoms with Crippen molar-refractivity contribution in [3.63, 3.8) is 0 Å². The number of para-hydroxylation sites is 2. The second-order valence-corrected chi connectivity index (χ2v) is 6.88. The van der Waals surface area contributed by atoms with Gasteiger partial charge in [-0.15, -0.1) is 0 Å². The molecule has 7 heteroatoms. The first-order valence-corrected chi connectivity index (χ1v) is 9.25. The van der Waals surface area contributed by atoms with E-state index in [1.807, 2.05) is 0 Å². The van der Waals surface area contributed by atoms with Crippen molar-refractivity contribution < 1.29 is 24.2 Å². The number of carboxylic acid groups (broad SMARTS) is 1. The van der Waals surface area contributed by atoms with Gasteiger partial charge in [0.05, 0.1) is 12.2 Å². The number of hydrogen-bond acceptors (Lipinski definition) is 4. The summed E-state index contributed by atoms with van der Waals surface area (Å²) in [6.07, 6.45) is 1.30. The standard InChI is InChI=1S/C21H20N2O5/c24-19-7-3-4-12-22(19)15-10-8-14(9-11-15)20(25)23-13-18(21(26)27)28-17-6-2-1-5-16(17)23/h1-2,5-6,8-11,18H,3-4,7,12-13H2,(H,26,27)/t18-/m1/s1. The van der Waals surface area contributed by atoms with Crippen molar-refractivity contribution in [2.75, 3.05) is 22.9 Å². The first-order valence-electron chi connectivity index (χ1n) is 9.25. The molecule has 2 aromatic carbocycles. The van der Waals surface area contributed by atoms with Crippen LogP contribution in [0, 0.1) is 0 Å². The number of rotatable bonds is 3. The average molecular weight is 380 g/mol. The summed E-state index contributed by atoms with van der Waals surface area (Å²) in [4.78, 5) is 39.7. The van der Waals surface area contributed by atoms with Gasteiger partial charge in [0.15, 0.2) is 0 Å². The second kappa shape index (κ2) is 7.34. The monoisotopic (exact) mass is 380 g/mol. The normalized spacial score (nSPS) is 19.0. The molecule has 28 heavy (non-hydrogen) atoms. The van der Waals surface area contributed by atoms with E-state index in [4.69, 9.17) is 4.74 Å². The highest BCUT2D eigenvalue weighted by atomic mass is 16.5. The maximum Gasteiger partial charge on any atom is 0.346 e. The van der Waals surface area contributed by atoms with E-state index in [1.54, 1.807) is 53.4 Å². The summed E-state index contributed by atoms with van der Waals surface area (Å²) in [5, 5.41) is 9.34. The molecule has 2 amide bonds. The minimum Gasteiger partial charge on any atom is -0.478 e. The maximum atomic E-state index is 13.1. The molecule has 0 aliphatic carbocycles. The van der Waals surface area contributed by atoms with Crippen molar-refractivity contribution in [3.8, 4) is 5.75 Å². The number of carbonyl (C=O) groups excluding carboxylic acids is 2. The Labute approximate surface area is 162 Å². The number of ether oxygens (including phenoxy) is 1. The van der Waals surface area contributed by atoms with Gasteiger partial charge in [0.1, 0.15) is 5.75 Å². The summed E-state index contributed by atoms with van der Waals surface area (Å²) in [6, 6.07) is 13.8. The number of aliphatic carboxylic acids is 1. The van der Waals surface area contributed by atoms with Crippen molar-refractivity contribution in [1.29, 1.82) is 0 Å². The summed E-state index contributed by atoms with van der Waals surface area (Å²) in [7, 11) is 0. The zero-order chi connectivity index (χ0) is 19.7. The highest BCUT2D eigenvalue weighted by Gasteiger charge is 2.34. The van der Waals surface area contributed by atoms with Crippen LogP contribution in [0.15, 0.2) is 48.5 Å². The fraction of sp³-hybridized carbons (Fsp3) is 0.286. The lowest BCUT2D eigenvalue weighted by atomic mass is 10.1. The minimum atomic E-state index is -1.12. The van der Waals surface area contributed by atoms with Crippen molar-refractivity contribution in [2.45, 2.75) is 25.4 Å². The van der Waals surface area contributed by atoms with Gasteiger partial charge in [0.25, 0.3) is 5.91 Å². The van der Waals surface area contributed by atoms with Gasteiger partial charge in [-0.3, -0.25) is 9.59 Å². The summed E-state index contributed by atoms with van der Waals surface area (Å²) >= 11 is 0. The molecule has 2 aromatic rings. The van der Waals surface area contributed by atoms with Crippen LogP contribution < -0.4 is 14.5 Å². The Morgan fingerprint density at radius 1 is 1.04 bits per heavy atom. The van der Waals surface area contributed by atoms with Gasteiger partial charge in [-0.2, -0.15) is 0 Å². The number of piperidine rings is 1. The fourth-order valence-electron chi connectivity index (χ4n) is 3.57. The van der Waals surface area contributed by atoms with Crippen molar-refractivity contribution in [3.05, 3.63) is 54.1 Å². The van der Waals surface area contributed by atoms with Gasteiger partial charge in [-0.25, -0.2) is 4.79 Å². The third-order valence-electron chi connectivity index (χ3n) is 5.04. The van der Waals surface area contributed by atoms with Gasteiger partial charge in [0.2, 0.25) is 12.0 Å². The minimum absolute atomic E-state index is 0.0719. The van der Waals surface area contributed by atoms with E-state index in [9.17, 15) is 19.5 Å². The van der Waals surface area contributed by atoms with Crippen LogP contribution in [0.5, 0.6) is 5.75 Å². The van der Waals surface area contributed by atoms with Crippen LogP contribution in [0.2, 0.25) is 0 Å². The van der Waals surface area contributed by atoms with E-state index >= 15 is 0 Å². The van der Waals surface area contributed by atoms with E-state index in [0.29, 0.717) is 30.0 Å². The van der Waals surface area contributed by atoms with Crippen LogP contribution in [0.3, 0.4) is 0 Å². The first kappa shape index (κ1) is 18.0. The Hall–Kier alpha value is -3.35. The zero-order valence-corrected chi connectivity index (χ0v) is 15.2. The zero-order valence-electron chi connectivity index (χ0n) is 15.2. The lowest BCUT2D eigenvalue weighted by Crippen LogP contribution is -2.47. The number of fused-ring (bicyclic) bond motifs is 1. The molecule has 0 aromatic heterocycles. The van der Waals surface area contributed by atoms with Gasteiger partial charge >= 0.3 is 5.97 Å². The van der Waals surface area contributed by atoms with E-state index in [-0.39, 0.29) is 18.4 Å². The highest BCUT2D eigenvalue weighted by Crippen LogP contribution is 2.34. The number of anilines is 2. The van der Waals surface area contributed by atoms with Crippen LogP contribution in [-0.2, 0) is 9.59 Å². The van der Waals surface area contributed by atoms with E-state index in [2.05, 4.69) is 0 Å². The molecular formula is C21H20N2O5. The molecule has 0 radical (unpaired) electrons. The second-order valence-electron chi connectivity index (χ2n) is 6.88. The highest BCUT2D eigenvalue weighted by molar-refractivity contribution is 6.08. The Morgan fingerprint density at radius 3 is 2.50 bits per heavy atom. The molecule has 1 N–H and O–H groups in total. The van der Waals surface area contributed by atoms with E-state index in [0.717, 1.165) is 18.5 Å². The SMILES string of the molecule is O=C(O)[C@H]1CN(C(=O)c2ccc(N3CCCCC3=O)cc2)c2ccccc2O1. The molecule has 1 atom stereocenters. The number of carboxylic acids is 1. The number of amides is 2. The van der Waals surface area contributed by atoms with Crippen molar-refractivity contribution in [1.82, 2.24) is 0 Å². The molecule has 0 spiro atoms. The number of carbonyl (C=O) groups is 3. The Morgan fingerprint density at radius 2 is 1.79 bits per heavy atom. The molecule has 0 unspecified atom stereocenters. The van der Waals surface area contributed by atoms with Crippen LogP contribution >= 0.6 is 0 Å². The molecule has 0 saturated carbocycles. The predicted octanol–water partition coefficient (Wildman–Crippen LogP) is 2.70. The van der Waals surface area contributed by atoms with Crippen LogP contribution in [-0.4, -0.2) is 42.1 Å². The largest absolute Gasteiger partial charge is 0.478 e. The number of benzene rings is 2. The number of nitrogens with zero attached hydrogens (tertiary/aromatic N) is 2. The predicted molar refractivity (Wildman–Crippen MR) is 103 cm³/mol. The van der Waals surface area contributed by atoms with Crippen molar-refractivity contribution >= 4 is 29.2 Å². The summed E-state index contributed by atoms with van der Waals surface area (Å²) < 4.78 is 5.48. The van der Waals surface area contributed by atoms with E-state index < -0.39 is 12.1 Å². The molecular weight excluding hydrogens is 360 g/mol. The Kier molecular flexibility index (Phi) is 4.73. The Balaban J connectivity index is 1.60. The third kappa shape index (κ3) is 3.31. The molecule has 2 aliphatic heterocycles. The maximum absolute atomic E-state index is 13.1. The lowest BCUT2D eigenvalue weighted by molar-refractivity contribution is -0.144. The van der Waals surface area contributed by atoms with E-state index in [1.165, 1.54) is 4.90 Å². The van der Waals surface area contributed by atoms with Crippen LogP contribution in [0.4, 0.5) is 11.4 Å². The van der Waals surface area contributed by atoms with Gasteiger partial charge in [0, 0.05) is 24.2 Å². The molecule has 7 nitrogen and oxygen atoms in total. The molecule has 2 aliphatic rings. The lowest BCUT2D eigenvalue weighted by Gasteiger charge is -2.33. The topological polar surface area (TPSA) is 87.2 Å². The van der Waals surface area contributed by atoms with Gasteiger partial charge in [-0.05, 0) is 49.2 Å². The molecule has 1 fully saturated rings. The molecule has 2 heterocycles. The summed E-state index contributed by atoms with van der Waals surface area (Å²) in [5.74, 6) is -0.966. The third-order valence-corrected chi connectivity index (χ3v) is 5.04. The summed E-state index contributed by atoms with van der Waals surface area (Å²) in [6.45, 7) is 0.612. The molecule has 4 rings (SSSR count). The van der Waals surface area contributed by atoms with Crippen molar-refractivity contribution in [2.24, 2.45) is 0 Å². The Bertz CT molecular complexity index is 925. The number of hydrogen-bond donors (Lipinski definition) is 1. The van der Waals surface area contributed by atoms with Crippen LogP contribution in [0.25, 0.3) is 0 Å². The quantitative estimate of drug-likeness (QED) is 0.885. The summed E-state index contributed by atoms with van der Waals surface area (Å²) in [5.41, 5.74) is 1.74. The van der Waals surface area contributed by atoms with Crippen LogP contribution in [0.1, 0.15) is 29.6 Å². The molecule has 144 valence electrons. The molecule has 0 bridgehead atoms. The first-order chi connectivity index (χ1) is 13.5. The average Bonchev–Trinajstić information content (AvgIpc) is 2.73. The van der Waals surface area contributed by atoms with Gasteiger partial charge < -0.3 is 19.6 Å². The van der Waals surface area contributed by atoms with Gasteiger partial charge in [-0.1, -0.05) is 12.1 Å². The smallest absolute Gasteiger partial charge is 0.346 e. The fourth-order valence-corrected chi connectivity index (χ4v) is 3.57. The molecule has 1 saturated heterocycles.